The molecule has 7 nitrogen and oxygen atoms in total. The maximum absolute atomic E-state index is 14.6. The lowest BCUT2D eigenvalue weighted by Gasteiger charge is -2.32. The van der Waals surface area contributed by atoms with E-state index in [1.54, 1.807) is 6.92 Å². The molecule has 2 aliphatic rings. The Kier molecular flexibility index (Phi) is 6.13. The van der Waals surface area contributed by atoms with E-state index in [-0.39, 0.29) is 23.7 Å². The molecule has 0 spiro atoms. The van der Waals surface area contributed by atoms with Gasteiger partial charge in [0.2, 0.25) is 11.9 Å². The van der Waals surface area contributed by atoms with Crippen LogP contribution in [-0.2, 0) is 4.79 Å². The first-order valence-electron chi connectivity index (χ1n) is 10.6. The standard InChI is InChI=1S/C22H28FN5O2/c1-15(29)27-9-5-17(6-10-27)25-22-24-14-20(23)21(26-22)16-3-2-4-18(13-16)28-11-7-19(30)8-12-28/h2-4,13-14,17,19,30H,5-12H2,1H3,(H,24,25,26). The van der Waals surface area contributed by atoms with Gasteiger partial charge in [0.1, 0.15) is 5.69 Å². The molecule has 2 saturated heterocycles. The first-order chi connectivity index (χ1) is 14.5. The van der Waals surface area contributed by atoms with Crippen molar-refractivity contribution in [2.45, 2.75) is 44.8 Å². The second-order valence-corrected chi connectivity index (χ2v) is 8.08. The third-order valence-electron chi connectivity index (χ3n) is 5.97. The average Bonchev–Trinajstić information content (AvgIpc) is 2.76. The zero-order valence-corrected chi connectivity index (χ0v) is 17.2. The summed E-state index contributed by atoms with van der Waals surface area (Å²) in [6, 6.07) is 7.86. The lowest BCUT2D eigenvalue weighted by Crippen LogP contribution is -2.41. The maximum Gasteiger partial charge on any atom is 0.223 e. The summed E-state index contributed by atoms with van der Waals surface area (Å²) in [5, 5.41) is 13.0. The summed E-state index contributed by atoms with van der Waals surface area (Å²) in [6.45, 7) is 4.55. The van der Waals surface area contributed by atoms with Gasteiger partial charge >= 0.3 is 0 Å². The number of hydrogen-bond acceptors (Lipinski definition) is 6. The third kappa shape index (κ3) is 4.70. The topological polar surface area (TPSA) is 81.6 Å². The average molecular weight is 413 g/mol. The molecule has 0 unspecified atom stereocenters. The number of anilines is 2. The molecule has 1 amide bonds. The zero-order chi connectivity index (χ0) is 21.1. The Morgan fingerprint density at radius 3 is 2.60 bits per heavy atom. The molecule has 30 heavy (non-hydrogen) atoms. The van der Waals surface area contributed by atoms with Crippen LogP contribution in [0.15, 0.2) is 30.5 Å². The smallest absolute Gasteiger partial charge is 0.223 e. The summed E-state index contributed by atoms with van der Waals surface area (Å²) in [7, 11) is 0. The van der Waals surface area contributed by atoms with E-state index in [0.29, 0.717) is 24.6 Å². The van der Waals surface area contributed by atoms with Gasteiger partial charge in [0, 0.05) is 50.4 Å². The Morgan fingerprint density at radius 1 is 1.17 bits per heavy atom. The number of hydrogen-bond donors (Lipinski definition) is 2. The van der Waals surface area contributed by atoms with Gasteiger partial charge in [-0.25, -0.2) is 14.4 Å². The van der Waals surface area contributed by atoms with Gasteiger partial charge in [-0.1, -0.05) is 12.1 Å². The van der Waals surface area contributed by atoms with Crippen molar-refractivity contribution in [2.24, 2.45) is 0 Å². The number of aromatic nitrogens is 2. The monoisotopic (exact) mass is 413 g/mol. The van der Waals surface area contributed by atoms with Crippen LogP contribution in [0.2, 0.25) is 0 Å². The molecule has 8 heteroatoms. The van der Waals surface area contributed by atoms with E-state index in [1.807, 2.05) is 29.2 Å². The highest BCUT2D eigenvalue weighted by Crippen LogP contribution is 2.28. The molecule has 4 rings (SSSR count). The van der Waals surface area contributed by atoms with Crippen molar-refractivity contribution in [3.63, 3.8) is 0 Å². The SMILES string of the molecule is CC(=O)N1CCC(Nc2ncc(F)c(-c3cccc(N4CCC(O)CC4)c3)n2)CC1. The van der Waals surface area contributed by atoms with E-state index >= 15 is 0 Å². The van der Waals surface area contributed by atoms with Crippen LogP contribution in [0, 0.1) is 5.82 Å². The number of aliphatic hydroxyl groups is 1. The Morgan fingerprint density at radius 2 is 1.90 bits per heavy atom. The molecule has 1 aromatic carbocycles. The molecule has 0 radical (unpaired) electrons. The van der Waals surface area contributed by atoms with Gasteiger partial charge in [-0.05, 0) is 37.8 Å². The van der Waals surface area contributed by atoms with Crippen LogP contribution in [0.1, 0.15) is 32.6 Å². The Labute approximate surface area is 175 Å². The molecule has 2 aromatic rings. The van der Waals surface area contributed by atoms with Crippen molar-refractivity contribution < 1.29 is 14.3 Å². The molecule has 160 valence electrons. The molecule has 3 heterocycles. The summed E-state index contributed by atoms with van der Waals surface area (Å²) in [4.78, 5) is 24.1. The predicted octanol–water partition coefficient (Wildman–Crippen LogP) is 2.67. The first kappa shape index (κ1) is 20.5. The van der Waals surface area contributed by atoms with Crippen molar-refractivity contribution in [1.29, 1.82) is 0 Å². The second kappa shape index (κ2) is 8.95. The van der Waals surface area contributed by atoms with E-state index in [9.17, 15) is 14.3 Å². The fourth-order valence-corrected chi connectivity index (χ4v) is 4.13. The lowest BCUT2D eigenvalue weighted by atomic mass is 10.0. The highest BCUT2D eigenvalue weighted by atomic mass is 19.1. The molecule has 0 aliphatic carbocycles. The summed E-state index contributed by atoms with van der Waals surface area (Å²) in [5.74, 6) is 0.0363. The van der Waals surface area contributed by atoms with Crippen molar-refractivity contribution in [3.05, 3.63) is 36.3 Å². The fraction of sp³-hybridized carbons (Fsp3) is 0.500. The highest BCUT2D eigenvalue weighted by molar-refractivity contribution is 5.73. The van der Waals surface area contributed by atoms with Crippen LogP contribution in [0.25, 0.3) is 11.3 Å². The number of rotatable bonds is 4. The van der Waals surface area contributed by atoms with Crippen LogP contribution >= 0.6 is 0 Å². The summed E-state index contributed by atoms with van der Waals surface area (Å²) in [6.07, 6.45) is 4.07. The second-order valence-electron chi connectivity index (χ2n) is 8.08. The molecule has 1 aromatic heterocycles. The Bertz CT molecular complexity index is 893. The minimum Gasteiger partial charge on any atom is -0.393 e. The molecule has 2 aliphatic heterocycles. The van der Waals surface area contributed by atoms with Gasteiger partial charge < -0.3 is 20.2 Å². The van der Waals surface area contributed by atoms with E-state index in [1.165, 1.54) is 6.20 Å². The van der Waals surface area contributed by atoms with Crippen LogP contribution in [0.4, 0.5) is 16.0 Å². The van der Waals surface area contributed by atoms with Gasteiger partial charge in [-0.2, -0.15) is 0 Å². The minimum absolute atomic E-state index is 0.0943. The number of amides is 1. The quantitative estimate of drug-likeness (QED) is 0.802. The van der Waals surface area contributed by atoms with E-state index in [2.05, 4.69) is 20.2 Å². The number of carbonyl (C=O) groups is 1. The van der Waals surface area contributed by atoms with Gasteiger partial charge in [-0.3, -0.25) is 4.79 Å². The van der Waals surface area contributed by atoms with E-state index in [4.69, 9.17) is 0 Å². The van der Waals surface area contributed by atoms with Crippen LogP contribution in [0.5, 0.6) is 0 Å². The van der Waals surface area contributed by atoms with Crippen molar-refractivity contribution >= 4 is 17.5 Å². The summed E-state index contributed by atoms with van der Waals surface area (Å²) in [5.41, 5.74) is 1.98. The molecule has 0 atom stereocenters. The van der Waals surface area contributed by atoms with E-state index < -0.39 is 5.82 Å². The normalized spacial score (nSPS) is 18.5. The number of benzene rings is 1. The molecule has 2 fully saturated rings. The van der Waals surface area contributed by atoms with Crippen molar-refractivity contribution in [2.75, 3.05) is 36.4 Å². The molecular weight excluding hydrogens is 385 g/mol. The number of nitrogens with zero attached hydrogens (tertiary/aromatic N) is 4. The van der Waals surface area contributed by atoms with Crippen molar-refractivity contribution in [3.8, 4) is 11.3 Å². The van der Waals surface area contributed by atoms with Gasteiger partial charge in [0.15, 0.2) is 5.82 Å². The number of likely N-dealkylation sites (tertiary alicyclic amines) is 1. The van der Waals surface area contributed by atoms with Crippen molar-refractivity contribution in [1.82, 2.24) is 14.9 Å². The first-order valence-corrected chi connectivity index (χ1v) is 10.6. The molecule has 2 N–H and O–H groups in total. The number of aliphatic hydroxyl groups excluding tert-OH is 1. The van der Waals surface area contributed by atoms with Gasteiger partial charge in [0.05, 0.1) is 12.3 Å². The lowest BCUT2D eigenvalue weighted by molar-refractivity contribution is -0.129. The van der Waals surface area contributed by atoms with Gasteiger partial charge in [-0.15, -0.1) is 0 Å². The number of piperidine rings is 2. The fourth-order valence-electron chi connectivity index (χ4n) is 4.13. The number of nitrogens with one attached hydrogen (secondary N) is 1. The highest BCUT2D eigenvalue weighted by Gasteiger charge is 2.22. The predicted molar refractivity (Wildman–Crippen MR) is 114 cm³/mol. The van der Waals surface area contributed by atoms with Crippen LogP contribution in [0.3, 0.4) is 0 Å². The van der Waals surface area contributed by atoms with Crippen LogP contribution < -0.4 is 10.2 Å². The Balaban J connectivity index is 1.48. The minimum atomic E-state index is -0.460. The number of carbonyl (C=O) groups excluding carboxylic acids is 1. The van der Waals surface area contributed by atoms with Crippen LogP contribution in [-0.4, -0.2) is 64.2 Å². The Hall–Kier alpha value is -2.74. The van der Waals surface area contributed by atoms with E-state index in [0.717, 1.165) is 44.5 Å². The molecule has 0 bridgehead atoms. The largest absolute Gasteiger partial charge is 0.393 e. The summed E-state index contributed by atoms with van der Waals surface area (Å²) < 4.78 is 14.6. The third-order valence-corrected chi connectivity index (χ3v) is 5.97. The van der Waals surface area contributed by atoms with Gasteiger partial charge in [0.25, 0.3) is 0 Å². The zero-order valence-electron chi connectivity index (χ0n) is 17.2. The molecular formula is C22H28FN5O2. The maximum atomic E-state index is 14.6. The molecule has 0 saturated carbocycles. The summed E-state index contributed by atoms with van der Waals surface area (Å²) >= 11 is 0. The number of halogens is 1.